The molecule has 104 valence electrons. The lowest BCUT2D eigenvalue weighted by molar-refractivity contribution is 0.178. The Hall–Kier alpha value is -1.19. The number of hydrogen-bond acceptors (Lipinski definition) is 1. The third-order valence-corrected chi connectivity index (χ3v) is 4.67. The molecule has 0 aromatic heterocycles. The molecule has 0 saturated heterocycles. The Balaban J connectivity index is 1.80. The van der Waals surface area contributed by atoms with Crippen LogP contribution < -0.4 is 0 Å². The van der Waals surface area contributed by atoms with E-state index in [1.807, 2.05) is 6.07 Å². The van der Waals surface area contributed by atoms with Crippen molar-refractivity contribution < 1.29 is 9.50 Å². The lowest BCUT2D eigenvalue weighted by atomic mass is 9.98. The molecule has 0 aliphatic heterocycles. The highest BCUT2D eigenvalue weighted by molar-refractivity contribution is 9.10. The number of hydrogen-bond donors (Lipinski definition) is 1. The second-order valence-electron chi connectivity index (χ2n) is 5.34. The Bertz CT molecular complexity index is 639. The Morgan fingerprint density at radius 3 is 2.70 bits per heavy atom. The highest BCUT2D eigenvalue weighted by Gasteiger charge is 2.15. The maximum atomic E-state index is 13.1. The summed E-state index contributed by atoms with van der Waals surface area (Å²) in [4.78, 5) is 0. The van der Waals surface area contributed by atoms with Crippen LogP contribution in [0.25, 0.3) is 0 Å². The molecule has 1 unspecified atom stereocenters. The van der Waals surface area contributed by atoms with Crippen molar-refractivity contribution in [3.8, 4) is 0 Å². The summed E-state index contributed by atoms with van der Waals surface area (Å²) in [5.74, 6) is -0.271. The Labute approximate surface area is 126 Å². The summed E-state index contributed by atoms with van der Waals surface area (Å²) in [6.45, 7) is 0. The molecule has 0 radical (unpaired) electrons. The predicted octanol–water partition coefficient (Wildman–Crippen LogP) is 4.35. The molecule has 1 nitrogen and oxygen atoms in total. The fraction of sp³-hybridized carbons (Fsp3) is 0.294. The van der Waals surface area contributed by atoms with Gasteiger partial charge in [-0.2, -0.15) is 0 Å². The van der Waals surface area contributed by atoms with E-state index in [9.17, 15) is 9.50 Å². The van der Waals surface area contributed by atoms with Crippen molar-refractivity contribution in [1.29, 1.82) is 0 Å². The van der Waals surface area contributed by atoms with Gasteiger partial charge in [-0.15, -0.1) is 0 Å². The molecule has 1 aliphatic rings. The van der Waals surface area contributed by atoms with Gasteiger partial charge in [-0.3, -0.25) is 0 Å². The summed E-state index contributed by atoms with van der Waals surface area (Å²) >= 11 is 3.35. The van der Waals surface area contributed by atoms with Gasteiger partial charge in [0.2, 0.25) is 0 Å². The fourth-order valence-corrected chi connectivity index (χ4v) is 3.33. The van der Waals surface area contributed by atoms with Gasteiger partial charge in [0.25, 0.3) is 0 Å². The maximum absolute atomic E-state index is 13.1. The van der Waals surface area contributed by atoms with Gasteiger partial charge >= 0.3 is 0 Å². The van der Waals surface area contributed by atoms with E-state index in [1.54, 1.807) is 6.07 Å². The second-order valence-corrected chi connectivity index (χ2v) is 6.19. The van der Waals surface area contributed by atoms with E-state index in [1.165, 1.54) is 29.7 Å². The monoisotopic (exact) mass is 334 g/mol. The predicted molar refractivity (Wildman–Crippen MR) is 81.2 cm³/mol. The molecule has 2 aromatic carbocycles. The first-order valence-corrected chi connectivity index (χ1v) is 7.66. The molecule has 3 rings (SSSR count). The quantitative estimate of drug-likeness (QED) is 0.884. The van der Waals surface area contributed by atoms with Crippen LogP contribution in [0.15, 0.2) is 40.9 Å². The minimum Gasteiger partial charge on any atom is -0.388 e. The number of rotatable bonds is 3. The standard InChI is InChI=1S/C17H16BrFO/c18-16-10-15(19)7-6-13(16)9-17(20)14-5-4-11-2-1-3-12(11)8-14/h4-8,10,17,20H,1-3,9H2. The topological polar surface area (TPSA) is 20.2 Å². The molecule has 1 N–H and O–H groups in total. The molecule has 0 amide bonds. The number of aryl methyl sites for hydroxylation is 2. The molecule has 0 fully saturated rings. The third-order valence-electron chi connectivity index (χ3n) is 3.94. The van der Waals surface area contributed by atoms with Gasteiger partial charge in [0.05, 0.1) is 6.10 Å². The van der Waals surface area contributed by atoms with Crippen molar-refractivity contribution in [2.45, 2.75) is 31.8 Å². The molecule has 0 spiro atoms. The molecular formula is C17H16BrFO. The van der Waals surface area contributed by atoms with Crippen LogP contribution in [-0.4, -0.2) is 5.11 Å². The van der Waals surface area contributed by atoms with Crippen molar-refractivity contribution >= 4 is 15.9 Å². The highest BCUT2D eigenvalue weighted by atomic mass is 79.9. The second kappa shape index (κ2) is 5.66. The smallest absolute Gasteiger partial charge is 0.124 e. The molecule has 1 atom stereocenters. The van der Waals surface area contributed by atoms with Gasteiger partial charge in [0.15, 0.2) is 0 Å². The van der Waals surface area contributed by atoms with Crippen molar-refractivity contribution in [2.24, 2.45) is 0 Å². The van der Waals surface area contributed by atoms with Gasteiger partial charge in [-0.25, -0.2) is 4.39 Å². The molecule has 0 bridgehead atoms. The fourth-order valence-electron chi connectivity index (χ4n) is 2.81. The lowest BCUT2D eigenvalue weighted by Gasteiger charge is -2.14. The van der Waals surface area contributed by atoms with Crippen LogP contribution in [0.1, 0.15) is 34.8 Å². The first-order valence-electron chi connectivity index (χ1n) is 6.87. The number of benzene rings is 2. The maximum Gasteiger partial charge on any atom is 0.124 e. The van der Waals surface area contributed by atoms with Crippen LogP contribution in [0.3, 0.4) is 0 Å². The molecule has 20 heavy (non-hydrogen) atoms. The van der Waals surface area contributed by atoms with Crippen molar-refractivity contribution in [2.75, 3.05) is 0 Å². The molecule has 0 saturated carbocycles. The third kappa shape index (κ3) is 2.79. The van der Waals surface area contributed by atoms with Gasteiger partial charge in [-0.1, -0.05) is 40.2 Å². The van der Waals surface area contributed by atoms with Gasteiger partial charge < -0.3 is 5.11 Å². The zero-order chi connectivity index (χ0) is 14.1. The first kappa shape index (κ1) is 13.8. The van der Waals surface area contributed by atoms with E-state index >= 15 is 0 Å². The molecule has 1 aliphatic carbocycles. The zero-order valence-corrected chi connectivity index (χ0v) is 12.7. The van der Waals surface area contributed by atoms with Crippen LogP contribution in [0.4, 0.5) is 4.39 Å². The zero-order valence-electron chi connectivity index (χ0n) is 11.1. The SMILES string of the molecule is OC(Cc1ccc(F)cc1Br)c1ccc2c(c1)CCC2. The van der Waals surface area contributed by atoms with Crippen molar-refractivity contribution in [3.63, 3.8) is 0 Å². The molecule has 2 aromatic rings. The van der Waals surface area contributed by atoms with Gasteiger partial charge in [0.1, 0.15) is 5.82 Å². The largest absolute Gasteiger partial charge is 0.388 e. The van der Waals surface area contributed by atoms with Crippen LogP contribution >= 0.6 is 15.9 Å². The summed E-state index contributed by atoms with van der Waals surface area (Å²) in [6, 6.07) is 10.8. The average Bonchev–Trinajstić information content (AvgIpc) is 2.89. The highest BCUT2D eigenvalue weighted by Crippen LogP contribution is 2.28. The molecule has 0 heterocycles. The minimum absolute atomic E-state index is 0.271. The average molecular weight is 335 g/mol. The van der Waals surface area contributed by atoms with E-state index < -0.39 is 6.10 Å². The first-order chi connectivity index (χ1) is 9.63. The Morgan fingerprint density at radius 2 is 1.90 bits per heavy atom. The summed E-state index contributed by atoms with van der Waals surface area (Å²) < 4.78 is 13.8. The summed E-state index contributed by atoms with van der Waals surface area (Å²) in [5, 5.41) is 10.4. The van der Waals surface area contributed by atoms with E-state index in [4.69, 9.17) is 0 Å². The van der Waals surface area contributed by atoms with E-state index in [-0.39, 0.29) is 5.82 Å². The van der Waals surface area contributed by atoms with Crippen molar-refractivity contribution in [3.05, 3.63) is 68.9 Å². The van der Waals surface area contributed by atoms with Gasteiger partial charge in [-0.05, 0) is 53.6 Å². The van der Waals surface area contributed by atoms with Crippen LogP contribution in [0.5, 0.6) is 0 Å². The number of aliphatic hydroxyl groups is 1. The number of fused-ring (bicyclic) bond motifs is 1. The normalized spacial score (nSPS) is 15.2. The lowest BCUT2D eigenvalue weighted by Crippen LogP contribution is -2.03. The molecular weight excluding hydrogens is 319 g/mol. The van der Waals surface area contributed by atoms with E-state index in [2.05, 4.69) is 28.1 Å². The van der Waals surface area contributed by atoms with Gasteiger partial charge in [0, 0.05) is 10.9 Å². The summed E-state index contributed by atoms with van der Waals surface area (Å²) in [6.07, 6.45) is 3.39. The van der Waals surface area contributed by atoms with Crippen LogP contribution in [-0.2, 0) is 19.3 Å². The summed E-state index contributed by atoms with van der Waals surface area (Å²) in [7, 11) is 0. The summed E-state index contributed by atoms with van der Waals surface area (Å²) in [5.41, 5.74) is 4.63. The molecule has 3 heteroatoms. The van der Waals surface area contributed by atoms with Crippen LogP contribution in [0, 0.1) is 5.82 Å². The number of aliphatic hydroxyl groups excluding tert-OH is 1. The van der Waals surface area contributed by atoms with E-state index in [0.717, 1.165) is 24.0 Å². The van der Waals surface area contributed by atoms with E-state index in [0.29, 0.717) is 10.9 Å². The Morgan fingerprint density at radius 1 is 1.10 bits per heavy atom. The number of halogens is 2. The van der Waals surface area contributed by atoms with Crippen LogP contribution in [0.2, 0.25) is 0 Å². The minimum atomic E-state index is -0.553. The Kier molecular flexibility index (Phi) is 3.90. The van der Waals surface area contributed by atoms with Crippen molar-refractivity contribution in [1.82, 2.24) is 0 Å².